The standard InChI is InChI=1S/C16H12ClN3OS2.ClH/c17-12-11-5-8-22-16(11)23-13(12)15(21)20-10-3-1-9(2-4-10)14-18-6-7-19-14;/h1-5,8H,6-7H2,(H,18,19)(H,20,21);1H. The van der Waals surface area contributed by atoms with Crippen LogP contribution >= 0.6 is 46.7 Å². The summed E-state index contributed by atoms with van der Waals surface area (Å²) in [4.78, 5) is 17.4. The molecule has 4 nitrogen and oxygen atoms in total. The van der Waals surface area contributed by atoms with Gasteiger partial charge in [0.25, 0.3) is 5.91 Å². The summed E-state index contributed by atoms with van der Waals surface area (Å²) in [5.41, 5.74) is 1.76. The van der Waals surface area contributed by atoms with Gasteiger partial charge in [0.1, 0.15) is 10.7 Å². The summed E-state index contributed by atoms with van der Waals surface area (Å²) in [6, 6.07) is 9.58. The maximum absolute atomic E-state index is 12.4. The number of nitrogens with one attached hydrogen (secondary N) is 2. The quantitative estimate of drug-likeness (QED) is 0.675. The van der Waals surface area contributed by atoms with E-state index in [0.29, 0.717) is 9.90 Å². The zero-order valence-electron chi connectivity index (χ0n) is 12.3. The van der Waals surface area contributed by atoms with Gasteiger partial charge in [-0.15, -0.1) is 35.1 Å². The Balaban J connectivity index is 0.00000169. The molecule has 0 bridgehead atoms. The highest BCUT2D eigenvalue weighted by Gasteiger charge is 2.18. The number of anilines is 1. The maximum atomic E-state index is 12.4. The molecule has 8 heteroatoms. The van der Waals surface area contributed by atoms with E-state index in [2.05, 4.69) is 15.6 Å². The first-order chi connectivity index (χ1) is 11.2. The van der Waals surface area contributed by atoms with E-state index in [9.17, 15) is 4.79 Å². The predicted octanol–water partition coefficient (Wildman–Crippen LogP) is 4.64. The lowest BCUT2D eigenvalue weighted by atomic mass is 10.2. The van der Waals surface area contributed by atoms with Gasteiger partial charge in [-0.2, -0.15) is 0 Å². The third kappa shape index (κ3) is 3.15. The molecule has 1 amide bonds. The molecule has 0 radical (unpaired) electrons. The molecular formula is C16H13Cl2N3OS2. The molecule has 2 N–H and O–H groups in total. The average molecular weight is 398 g/mol. The highest BCUT2D eigenvalue weighted by molar-refractivity contribution is 7.38. The number of carbonyl (C=O) groups is 1. The number of rotatable bonds is 3. The van der Waals surface area contributed by atoms with Gasteiger partial charge in [0, 0.05) is 23.2 Å². The molecule has 1 aliphatic heterocycles. The molecule has 0 aliphatic carbocycles. The van der Waals surface area contributed by atoms with E-state index in [-0.39, 0.29) is 18.3 Å². The molecule has 3 aromatic rings. The van der Waals surface area contributed by atoms with E-state index in [1.807, 2.05) is 35.7 Å². The van der Waals surface area contributed by atoms with Crippen molar-refractivity contribution in [1.29, 1.82) is 0 Å². The highest BCUT2D eigenvalue weighted by Crippen LogP contribution is 2.38. The molecule has 0 unspecified atom stereocenters. The van der Waals surface area contributed by atoms with Gasteiger partial charge in [-0.25, -0.2) is 0 Å². The number of aliphatic imine (C=N–C) groups is 1. The van der Waals surface area contributed by atoms with Crippen LogP contribution in [0.3, 0.4) is 0 Å². The third-order valence-electron chi connectivity index (χ3n) is 3.56. The van der Waals surface area contributed by atoms with Crippen LogP contribution in [0.5, 0.6) is 0 Å². The maximum Gasteiger partial charge on any atom is 0.267 e. The fourth-order valence-electron chi connectivity index (χ4n) is 2.43. The number of carbonyl (C=O) groups excluding carboxylic acids is 1. The second kappa shape index (κ2) is 7.11. The molecule has 24 heavy (non-hydrogen) atoms. The number of fused-ring (bicyclic) bond motifs is 1. The first-order valence-corrected chi connectivity index (χ1v) is 9.15. The Morgan fingerprint density at radius 1 is 1.25 bits per heavy atom. The molecule has 0 saturated heterocycles. The van der Waals surface area contributed by atoms with E-state index in [0.717, 1.165) is 39.6 Å². The Kier molecular flexibility index (Phi) is 5.10. The Hall–Kier alpha value is -1.60. The van der Waals surface area contributed by atoms with Gasteiger partial charge < -0.3 is 10.6 Å². The van der Waals surface area contributed by atoms with E-state index in [1.165, 1.54) is 11.3 Å². The number of halogens is 2. The van der Waals surface area contributed by atoms with E-state index in [1.54, 1.807) is 11.3 Å². The zero-order chi connectivity index (χ0) is 15.8. The monoisotopic (exact) mass is 397 g/mol. The SMILES string of the molecule is Cl.O=C(Nc1ccc(C2=NCCN2)cc1)c1sc2sccc2c1Cl. The minimum absolute atomic E-state index is 0. The Bertz CT molecular complexity index is 915. The molecule has 1 aliphatic rings. The van der Waals surface area contributed by atoms with Gasteiger partial charge in [-0.1, -0.05) is 11.6 Å². The molecule has 124 valence electrons. The summed E-state index contributed by atoms with van der Waals surface area (Å²) in [6.45, 7) is 1.68. The number of nitrogens with zero attached hydrogens (tertiary/aromatic N) is 1. The van der Waals surface area contributed by atoms with Crippen LogP contribution in [0.2, 0.25) is 5.02 Å². The number of thiophene rings is 2. The summed E-state index contributed by atoms with van der Waals surface area (Å²) in [5.74, 6) is 0.733. The van der Waals surface area contributed by atoms with Crippen LogP contribution in [-0.4, -0.2) is 24.8 Å². The van der Waals surface area contributed by atoms with Crippen LogP contribution in [0.25, 0.3) is 9.40 Å². The lowest BCUT2D eigenvalue weighted by Crippen LogP contribution is -2.19. The summed E-state index contributed by atoms with van der Waals surface area (Å²) in [6.07, 6.45) is 0. The van der Waals surface area contributed by atoms with Crippen molar-refractivity contribution in [2.75, 3.05) is 18.4 Å². The van der Waals surface area contributed by atoms with Crippen molar-refractivity contribution in [2.45, 2.75) is 0 Å². The summed E-state index contributed by atoms with van der Waals surface area (Å²) < 4.78 is 1.07. The van der Waals surface area contributed by atoms with Gasteiger partial charge >= 0.3 is 0 Å². The van der Waals surface area contributed by atoms with E-state index < -0.39 is 0 Å². The van der Waals surface area contributed by atoms with Gasteiger partial charge in [0.15, 0.2) is 0 Å². The second-order valence-corrected chi connectivity index (χ2v) is 7.63. The lowest BCUT2D eigenvalue weighted by molar-refractivity contribution is 0.103. The summed E-state index contributed by atoms with van der Waals surface area (Å²) in [7, 11) is 0. The molecule has 2 aromatic heterocycles. The number of amides is 1. The number of amidine groups is 1. The first kappa shape index (κ1) is 17.2. The normalized spacial score (nSPS) is 13.3. The Morgan fingerprint density at radius 3 is 2.71 bits per heavy atom. The fraction of sp³-hybridized carbons (Fsp3) is 0.125. The van der Waals surface area contributed by atoms with Crippen LogP contribution < -0.4 is 10.6 Å². The van der Waals surface area contributed by atoms with Gasteiger partial charge in [0.05, 0.1) is 15.6 Å². The lowest BCUT2D eigenvalue weighted by Gasteiger charge is -2.06. The van der Waals surface area contributed by atoms with Gasteiger partial charge in [0.2, 0.25) is 0 Å². The van der Waals surface area contributed by atoms with Crippen LogP contribution in [0.4, 0.5) is 5.69 Å². The molecule has 3 heterocycles. The molecule has 4 rings (SSSR count). The van der Waals surface area contributed by atoms with Crippen molar-refractivity contribution >= 4 is 73.5 Å². The molecule has 0 atom stereocenters. The molecule has 0 fully saturated rings. The number of benzene rings is 1. The van der Waals surface area contributed by atoms with Crippen molar-refractivity contribution in [3.05, 3.63) is 51.2 Å². The Morgan fingerprint density at radius 2 is 2.04 bits per heavy atom. The van der Waals surface area contributed by atoms with Crippen LogP contribution in [-0.2, 0) is 0 Å². The Labute approximate surface area is 158 Å². The van der Waals surface area contributed by atoms with Gasteiger partial charge in [-0.05, 0) is 35.7 Å². The molecule has 1 aromatic carbocycles. The topological polar surface area (TPSA) is 53.5 Å². The molecule has 0 saturated carbocycles. The summed E-state index contributed by atoms with van der Waals surface area (Å²) in [5, 5.41) is 9.59. The minimum atomic E-state index is -0.174. The summed E-state index contributed by atoms with van der Waals surface area (Å²) >= 11 is 9.33. The van der Waals surface area contributed by atoms with Crippen molar-refractivity contribution < 1.29 is 4.79 Å². The largest absolute Gasteiger partial charge is 0.368 e. The minimum Gasteiger partial charge on any atom is -0.368 e. The van der Waals surface area contributed by atoms with Crippen molar-refractivity contribution in [1.82, 2.24) is 5.32 Å². The highest BCUT2D eigenvalue weighted by atomic mass is 35.5. The van der Waals surface area contributed by atoms with Crippen LogP contribution in [0.1, 0.15) is 15.2 Å². The van der Waals surface area contributed by atoms with E-state index >= 15 is 0 Å². The smallest absolute Gasteiger partial charge is 0.267 e. The average Bonchev–Trinajstić information content (AvgIpc) is 3.27. The zero-order valence-corrected chi connectivity index (χ0v) is 15.5. The van der Waals surface area contributed by atoms with Crippen molar-refractivity contribution in [3.63, 3.8) is 0 Å². The van der Waals surface area contributed by atoms with Crippen LogP contribution in [0, 0.1) is 0 Å². The van der Waals surface area contributed by atoms with Crippen molar-refractivity contribution in [2.24, 2.45) is 4.99 Å². The first-order valence-electron chi connectivity index (χ1n) is 7.08. The fourth-order valence-corrected chi connectivity index (χ4v) is 4.95. The van der Waals surface area contributed by atoms with E-state index in [4.69, 9.17) is 11.6 Å². The molecular weight excluding hydrogens is 385 g/mol. The second-order valence-electron chi connectivity index (χ2n) is 5.06. The van der Waals surface area contributed by atoms with Crippen LogP contribution in [0.15, 0.2) is 40.7 Å². The number of hydrogen-bond acceptors (Lipinski definition) is 5. The third-order valence-corrected chi connectivity index (χ3v) is 6.31. The predicted molar refractivity (Wildman–Crippen MR) is 106 cm³/mol. The van der Waals surface area contributed by atoms with Crippen molar-refractivity contribution in [3.8, 4) is 0 Å². The van der Waals surface area contributed by atoms with Gasteiger partial charge in [-0.3, -0.25) is 9.79 Å². The number of hydrogen-bond donors (Lipinski definition) is 2. The molecule has 0 spiro atoms.